The van der Waals surface area contributed by atoms with Gasteiger partial charge in [-0.3, -0.25) is 9.47 Å². The van der Waals surface area contributed by atoms with E-state index in [1.165, 1.54) is 0 Å². The fourth-order valence-electron chi connectivity index (χ4n) is 3.08. The molecule has 144 valence electrons. The zero-order valence-corrected chi connectivity index (χ0v) is 16.6. The molecule has 0 unspecified atom stereocenters. The topological polar surface area (TPSA) is 73.1 Å². The monoisotopic (exact) mass is 397 g/mol. The van der Waals surface area contributed by atoms with Crippen LogP contribution in [0.3, 0.4) is 0 Å². The lowest BCUT2D eigenvalue weighted by Gasteiger charge is -2.23. The summed E-state index contributed by atoms with van der Waals surface area (Å²) in [6.45, 7) is 6.05. The van der Waals surface area contributed by atoms with Gasteiger partial charge in [-0.15, -0.1) is 0 Å². The first kappa shape index (κ1) is 18.4. The fourth-order valence-corrected chi connectivity index (χ4v) is 3.24. The maximum atomic E-state index is 12.3. The minimum Gasteiger partial charge on any atom is -0.443 e. The Hall–Kier alpha value is -2.93. The van der Waals surface area contributed by atoms with Gasteiger partial charge in [-0.2, -0.15) is 4.98 Å². The zero-order valence-electron chi connectivity index (χ0n) is 15.9. The Bertz CT molecular complexity index is 1070. The third kappa shape index (κ3) is 3.57. The van der Waals surface area contributed by atoms with E-state index in [1.807, 2.05) is 55.7 Å². The van der Waals surface area contributed by atoms with Gasteiger partial charge in [-0.05, 0) is 56.5 Å². The summed E-state index contributed by atoms with van der Waals surface area (Å²) < 4.78 is 7.31. The van der Waals surface area contributed by atoms with E-state index in [4.69, 9.17) is 16.3 Å². The summed E-state index contributed by atoms with van der Waals surface area (Å²) in [6.07, 6.45) is 3.72. The minimum atomic E-state index is -0.548. The lowest BCUT2D eigenvalue weighted by molar-refractivity contribution is 0.0349. The quantitative estimate of drug-likeness (QED) is 0.597. The number of para-hydroxylation sites is 1. The molecule has 8 heteroatoms. The molecule has 0 aliphatic carbocycles. The molecule has 3 aromatic rings. The highest BCUT2D eigenvalue weighted by Gasteiger charge is 2.27. The van der Waals surface area contributed by atoms with Crippen LogP contribution in [-0.4, -0.2) is 42.7 Å². The molecule has 7 nitrogen and oxygen atoms in total. The van der Waals surface area contributed by atoms with Crippen LogP contribution < -0.4 is 0 Å². The van der Waals surface area contributed by atoms with Crippen molar-refractivity contribution in [3.8, 4) is 5.69 Å². The van der Waals surface area contributed by atoms with Crippen LogP contribution in [0.4, 0.5) is 4.79 Å². The average Bonchev–Trinajstić information content (AvgIpc) is 3.27. The molecule has 4 rings (SSSR count). The number of halogens is 1. The number of nitrogens with zero attached hydrogens (tertiary/aromatic N) is 5. The Balaban J connectivity index is 1.73. The summed E-state index contributed by atoms with van der Waals surface area (Å²) in [6, 6.07) is 9.78. The number of fused-ring (bicyclic) bond motifs is 1. The Kier molecular flexibility index (Phi) is 4.55. The SMILES string of the molecule is CC(C)(C)OC(=O)N1C=C(c2nc(Cl)nc3c2ncn3-c2ccccc2)CC1. The summed E-state index contributed by atoms with van der Waals surface area (Å²) in [5.74, 6) is 0. The van der Waals surface area contributed by atoms with Gasteiger partial charge in [0, 0.05) is 18.4 Å². The van der Waals surface area contributed by atoms with Crippen molar-refractivity contribution in [1.29, 1.82) is 0 Å². The molecule has 0 bridgehead atoms. The van der Waals surface area contributed by atoms with Gasteiger partial charge in [0.25, 0.3) is 0 Å². The third-order valence-electron chi connectivity index (χ3n) is 4.27. The van der Waals surface area contributed by atoms with E-state index in [0.717, 1.165) is 11.3 Å². The van der Waals surface area contributed by atoms with Gasteiger partial charge in [-0.25, -0.2) is 14.8 Å². The molecule has 0 atom stereocenters. The molecule has 1 aliphatic rings. The molecule has 0 fully saturated rings. The second kappa shape index (κ2) is 6.91. The molecule has 2 aromatic heterocycles. The number of carbonyl (C=O) groups is 1. The maximum Gasteiger partial charge on any atom is 0.414 e. The van der Waals surface area contributed by atoms with E-state index >= 15 is 0 Å². The molecule has 0 spiro atoms. The lowest BCUT2D eigenvalue weighted by atomic mass is 10.1. The van der Waals surface area contributed by atoms with Crippen LogP contribution in [-0.2, 0) is 4.74 Å². The van der Waals surface area contributed by atoms with Crippen molar-refractivity contribution in [1.82, 2.24) is 24.4 Å². The highest BCUT2D eigenvalue weighted by Crippen LogP contribution is 2.30. The van der Waals surface area contributed by atoms with E-state index in [2.05, 4.69) is 15.0 Å². The van der Waals surface area contributed by atoms with Gasteiger partial charge in [0.15, 0.2) is 5.65 Å². The van der Waals surface area contributed by atoms with Crippen LogP contribution in [0.5, 0.6) is 0 Å². The average molecular weight is 398 g/mol. The molecule has 0 radical (unpaired) electrons. The standard InChI is InChI=1S/C20H20ClN5O2/c1-20(2,3)28-19(27)25-10-9-13(11-25)15-16-17(24-18(21)23-15)26(12-22-16)14-7-5-4-6-8-14/h4-8,11-12H,9-10H2,1-3H3. The molecular weight excluding hydrogens is 378 g/mol. The molecule has 1 aromatic carbocycles. The summed E-state index contributed by atoms with van der Waals surface area (Å²) in [7, 11) is 0. The van der Waals surface area contributed by atoms with E-state index in [-0.39, 0.29) is 11.4 Å². The smallest absolute Gasteiger partial charge is 0.414 e. The van der Waals surface area contributed by atoms with Gasteiger partial charge < -0.3 is 4.74 Å². The van der Waals surface area contributed by atoms with Crippen LogP contribution >= 0.6 is 11.6 Å². The van der Waals surface area contributed by atoms with Crippen LogP contribution in [0, 0.1) is 0 Å². The Morgan fingerprint density at radius 2 is 1.93 bits per heavy atom. The number of hydrogen-bond acceptors (Lipinski definition) is 5. The van der Waals surface area contributed by atoms with Crippen molar-refractivity contribution < 1.29 is 9.53 Å². The molecule has 28 heavy (non-hydrogen) atoms. The van der Waals surface area contributed by atoms with Gasteiger partial charge >= 0.3 is 6.09 Å². The van der Waals surface area contributed by atoms with Crippen LogP contribution in [0.25, 0.3) is 22.4 Å². The molecule has 1 amide bonds. The number of aromatic nitrogens is 4. The largest absolute Gasteiger partial charge is 0.443 e. The van der Waals surface area contributed by atoms with Crippen LogP contribution in [0.2, 0.25) is 5.28 Å². The summed E-state index contributed by atoms with van der Waals surface area (Å²) in [5, 5.41) is 0.136. The number of imidazole rings is 1. The Morgan fingerprint density at radius 1 is 1.18 bits per heavy atom. The Labute approximate surface area is 167 Å². The molecule has 1 aliphatic heterocycles. The second-order valence-electron chi connectivity index (χ2n) is 7.54. The highest BCUT2D eigenvalue weighted by atomic mass is 35.5. The third-order valence-corrected chi connectivity index (χ3v) is 4.44. The van der Waals surface area contributed by atoms with Gasteiger partial charge in [-0.1, -0.05) is 18.2 Å². The maximum absolute atomic E-state index is 12.3. The molecule has 0 N–H and O–H groups in total. The Morgan fingerprint density at radius 3 is 2.64 bits per heavy atom. The number of hydrogen-bond donors (Lipinski definition) is 0. The van der Waals surface area contributed by atoms with Crippen molar-refractivity contribution in [3.05, 3.63) is 53.8 Å². The van der Waals surface area contributed by atoms with Crippen molar-refractivity contribution in [2.75, 3.05) is 6.54 Å². The highest BCUT2D eigenvalue weighted by molar-refractivity contribution is 6.28. The number of carbonyl (C=O) groups excluding carboxylic acids is 1. The first-order valence-corrected chi connectivity index (χ1v) is 9.36. The molecular formula is C20H20ClN5O2. The van der Waals surface area contributed by atoms with Crippen molar-refractivity contribution >= 4 is 34.4 Å². The van der Waals surface area contributed by atoms with Gasteiger partial charge in [0.1, 0.15) is 23.1 Å². The van der Waals surface area contributed by atoms with Crippen LogP contribution in [0.15, 0.2) is 42.9 Å². The van der Waals surface area contributed by atoms with E-state index in [1.54, 1.807) is 17.4 Å². The molecule has 0 saturated carbocycles. The van der Waals surface area contributed by atoms with E-state index in [9.17, 15) is 4.79 Å². The van der Waals surface area contributed by atoms with E-state index in [0.29, 0.717) is 29.8 Å². The number of rotatable bonds is 2. The van der Waals surface area contributed by atoms with Crippen molar-refractivity contribution in [3.63, 3.8) is 0 Å². The summed E-state index contributed by atoms with van der Waals surface area (Å²) in [4.78, 5) is 27.2. The van der Waals surface area contributed by atoms with E-state index < -0.39 is 5.60 Å². The fraction of sp³-hybridized carbons (Fsp3) is 0.300. The number of benzene rings is 1. The number of ether oxygens (including phenoxy) is 1. The predicted octanol–water partition coefficient (Wildman–Crippen LogP) is 4.45. The molecule has 0 saturated heterocycles. The first-order chi connectivity index (χ1) is 13.3. The summed E-state index contributed by atoms with van der Waals surface area (Å²) >= 11 is 6.21. The molecule has 3 heterocycles. The lowest BCUT2D eigenvalue weighted by Crippen LogP contribution is -2.32. The predicted molar refractivity (Wildman–Crippen MR) is 107 cm³/mol. The zero-order chi connectivity index (χ0) is 19.9. The first-order valence-electron chi connectivity index (χ1n) is 8.98. The van der Waals surface area contributed by atoms with Crippen molar-refractivity contribution in [2.45, 2.75) is 32.8 Å². The normalized spacial score (nSPS) is 14.4. The van der Waals surface area contributed by atoms with Crippen LogP contribution in [0.1, 0.15) is 32.9 Å². The van der Waals surface area contributed by atoms with Crippen molar-refractivity contribution in [2.24, 2.45) is 0 Å². The summed E-state index contributed by atoms with van der Waals surface area (Å²) in [5.41, 5.74) is 3.16. The number of amides is 1. The van der Waals surface area contributed by atoms with Gasteiger partial charge in [0.05, 0.1) is 0 Å². The second-order valence-corrected chi connectivity index (χ2v) is 7.88. The minimum absolute atomic E-state index is 0.136. The van der Waals surface area contributed by atoms with Gasteiger partial charge in [0.2, 0.25) is 5.28 Å².